The van der Waals surface area contributed by atoms with Gasteiger partial charge in [0.1, 0.15) is 5.69 Å². The summed E-state index contributed by atoms with van der Waals surface area (Å²) in [5.41, 5.74) is 6.92. The fourth-order valence-corrected chi connectivity index (χ4v) is 3.71. The number of anilines is 2. The summed E-state index contributed by atoms with van der Waals surface area (Å²) in [6.45, 7) is 12.1. The Morgan fingerprint density at radius 2 is 1.58 bits per heavy atom. The van der Waals surface area contributed by atoms with Crippen molar-refractivity contribution in [1.82, 2.24) is 9.99 Å². The third kappa shape index (κ3) is 3.91. The molecule has 1 aromatic carbocycles. The molecular formula is C20H28N4OS. The van der Waals surface area contributed by atoms with Gasteiger partial charge in [0, 0.05) is 37.6 Å². The van der Waals surface area contributed by atoms with Crippen molar-refractivity contribution in [3.63, 3.8) is 0 Å². The molecule has 1 fully saturated rings. The fraction of sp³-hybridized carbons (Fsp3) is 0.450. The fourth-order valence-electron chi connectivity index (χ4n) is 3.39. The molecule has 1 aliphatic rings. The first kappa shape index (κ1) is 18.9. The van der Waals surface area contributed by atoms with Crippen LogP contribution in [-0.2, 0) is 0 Å². The zero-order chi connectivity index (χ0) is 18.8. The lowest BCUT2D eigenvalue weighted by Gasteiger charge is -2.40. The minimum absolute atomic E-state index is 0.611. The molecule has 0 bridgehead atoms. The Bertz CT molecular complexity index is 767. The summed E-state index contributed by atoms with van der Waals surface area (Å²) < 4.78 is 7.36. The Kier molecular flexibility index (Phi) is 5.63. The van der Waals surface area contributed by atoms with E-state index >= 15 is 0 Å². The first-order chi connectivity index (χ1) is 12.4. The number of methoxy groups -OCH3 is 1. The van der Waals surface area contributed by atoms with E-state index in [1.54, 1.807) is 7.11 Å². The normalized spacial score (nSPS) is 15.2. The zero-order valence-corrected chi connectivity index (χ0v) is 17.2. The number of thiol groups is 1. The van der Waals surface area contributed by atoms with Gasteiger partial charge < -0.3 is 9.64 Å². The Balaban J connectivity index is 1.72. The van der Waals surface area contributed by atoms with E-state index < -0.39 is 0 Å². The first-order valence-corrected chi connectivity index (χ1v) is 9.38. The molecule has 0 radical (unpaired) electrons. The van der Waals surface area contributed by atoms with E-state index in [2.05, 4.69) is 59.9 Å². The Morgan fingerprint density at radius 1 is 0.962 bits per heavy atom. The average molecular weight is 373 g/mol. The second-order valence-corrected chi connectivity index (χ2v) is 7.37. The van der Waals surface area contributed by atoms with Crippen molar-refractivity contribution in [2.75, 3.05) is 42.6 Å². The Hall–Kier alpha value is -1.92. The van der Waals surface area contributed by atoms with E-state index in [4.69, 9.17) is 17.6 Å². The summed E-state index contributed by atoms with van der Waals surface area (Å²) >= 11 is 4.74. The number of ether oxygens (including phenoxy) is 1. The highest BCUT2D eigenvalue weighted by Gasteiger charge is 2.24. The predicted octanol–water partition coefficient (Wildman–Crippen LogP) is 3.71. The molecular weight excluding hydrogens is 344 g/mol. The standard InChI is InChI=1S/C20H28N4OS/c1-14-10-15(2)12-18(11-14)22-6-8-23(9-7-22)24(26)19-13-16(3)17(4)21-20(19)25-5/h10-13,26H,6-9H2,1-5H3. The molecule has 0 atom stereocenters. The number of rotatable bonds is 4. The molecule has 26 heavy (non-hydrogen) atoms. The van der Waals surface area contributed by atoms with Crippen molar-refractivity contribution in [2.45, 2.75) is 27.7 Å². The van der Waals surface area contributed by atoms with E-state index in [9.17, 15) is 0 Å². The van der Waals surface area contributed by atoms with E-state index in [0.717, 1.165) is 43.1 Å². The molecule has 0 aliphatic carbocycles. The van der Waals surface area contributed by atoms with Gasteiger partial charge in [-0.15, -0.1) is 0 Å². The van der Waals surface area contributed by atoms with E-state index in [1.165, 1.54) is 16.8 Å². The van der Waals surface area contributed by atoms with Crippen LogP contribution in [-0.4, -0.2) is 43.3 Å². The van der Waals surface area contributed by atoms with Gasteiger partial charge in [0.2, 0.25) is 5.88 Å². The SMILES string of the molecule is COc1nc(C)c(C)cc1N(S)N1CCN(c2cc(C)cc(C)c2)CC1. The van der Waals surface area contributed by atoms with Gasteiger partial charge in [-0.3, -0.25) is 0 Å². The molecule has 140 valence electrons. The summed E-state index contributed by atoms with van der Waals surface area (Å²) in [5, 5.41) is 2.23. The van der Waals surface area contributed by atoms with E-state index in [1.807, 2.05) is 11.3 Å². The summed E-state index contributed by atoms with van der Waals surface area (Å²) in [6.07, 6.45) is 0. The number of nitrogens with zero attached hydrogens (tertiary/aromatic N) is 4. The minimum Gasteiger partial charge on any atom is -0.479 e. The van der Waals surface area contributed by atoms with Crippen molar-refractivity contribution >= 4 is 24.2 Å². The topological polar surface area (TPSA) is 31.8 Å². The van der Waals surface area contributed by atoms with E-state index in [-0.39, 0.29) is 0 Å². The summed E-state index contributed by atoms with van der Waals surface area (Å²) in [6, 6.07) is 8.83. The maximum atomic E-state index is 5.47. The number of pyridine rings is 1. The highest BCUT2D eigenvalue weighted by molar-refractivity contribution is 7.81. The van der Waals surface area contributed by atoms with Gasteiger partial charge in [0.15, 0.2) is 0 Å². The van der Waals surface area contributed by atoms with Crippen LogP contribution >= 0.6 is 12.8 Å². The molecule has 2 aromatic rings. The predicted molar refractivity (Wildman–Crippen MR) is 111 cm³/mol. The highest BCUT2D eigenvalue weighted by atomic mass is 32.1. The van der Waals surface area contributed by atoms with Crippen LogP contribution in [0.3, 0.4) is 0 Å². The number of hydrogen-bond acceptors (Lipinski definition) is 6. The average Bonchev–Trinajstić information content (AvgIpc) is 2.62. The molecule has 0 spiro atoms. The van der Waals surface area contributed by atoms with Gasteiger partial charge in [-0.05, 0) is 75.4 Å². The highest BCUT2D eigenvalue weighted by Crippen LogP contribution is 2.31. The molecule has 3 rings (SSSR count). The first-order valence-electron chi connectivity index (χ1n) is 8.98. The smallest absolute Gasteiger partial charge is 0.240 e. The van der Waals surface area contributed by atoms with Crippen molar-refractivity contribution in [1.29, 1.82) is 0 Å². The van der Waals surface area contributed by atoms with Crippen LogP contribution in [0.25, 0.3) is 0 Å². The molecule has 6 heteroatoms. The second-order valence-electron chi connectivity index (χ2n) is 7.00. The maximum Gasteiger partial charge on any atom is 0.240 e. The molecule has 1 aromatic heterocycles. The Morgan fingerprint density at radius 3 is 2.15 bits per heavy atom. The van der Waals surface area contributed by atoms with Gasteiger partial charge in [0.05, 0.1) is 7.11 Å². The summed E-state index contributed by atoms with van der Waals surface area (Å²) in [4.78, 5) is 6.98. The molecule has 0 unspecified atom stereocenters. The maximum absolute atomic E-state index is 5.47. The summed E-state index contributed by atoms with van der Waals surface area (Å²) in [5.74, 6) is 0.611. The number of hydrogen-bond donors (Lipinski definition) is 1. The molecule has 1 aliphatic heterocycles. The van der Waals surface area contributed by atoms with Gasteiger partial charge in [-0.2, -0.15) is 0 Å². The van der Waals surface area contributed by atoms with Crippen molar-refractivity contribution in [3.8, 4) is 5.88 Å². The number of aryl methyl sites for hydroxylation is 4. The lowest BCUT2D eigenvalue weighted by molar-refractivity contribution is 0.276. The van der Waals surface area contributed by atoms with Crippen LogP contribution in [0.4, 0.5) is 11.4 Å². The zero-order valence-electron chi connectivity index (χ0n) is 16.3. The summed E-state index contributed by atoms with van der Waals surface area (Å²) in [7, 11) is 1.65. The monoisotopic (exact) mass is 372 g/mol. The van der Waals surface area contributed by atoms with Gasteiger partial charge >= 0.3 is 0 Å². The van der Waals surface area contributed by atoms with Crippen LogP contribution < -0.4 is 14.1 Å². The second kappa shape index (κ2) is 7.76. The third-order valence-corrected chi connectivity index (χ3v) is 5.39. The van der Waals surface area contributed by atoms with Crippen LogP contribution in [0.15, 0.2) is 24.3 Å². The lowest BCUT2D eigenvalue weighted by atomic mass is 10.1. The molecule has 0 N–H and O–H groups in total. The third-order valence-electron chi connectivity index (χ3n) is 4.92. The van der Waals surface area contributed by atoms with Crippen molar-refractivity contribution < 1.29 is 4.74 Å². The largest absolute Gasteiger partial charge is 0.479 e. The van der Waals surface area contributed by atoms with Gasteiger partial charge in [-0.1, -0.05) is 6.07 Å². The van der Waals surface area contributed by atoms with Crippen LogP contribution in [0.1, 0.15) is 22.4 Å². The quantitative estimate of drug-likeness (QED) is 0.827. The van der Waals surface area contributed by atoms with Crippen LogP contribution in [0.5, 0.6) is 5.88 Å². The number of piperazine rings is 1. The molecule has 5 nitrogen and oxygen atoms in total. The minimum atomic E-state index is 0.611. The number of hydrazine groups is 1. The van der Waals surface area contributed by atoms with Crippen LogP contribution in [0, 0.1) is 27.7 Å². The number of aromatic nitrogens is 1. The Labute approximate surface area is 162 Å². The van der Waals surface area contributed by atoms with Gasteiger partial charge in [-0.25, -0.2) is 14.4 Å². The van der Waals surface area contributed by atoms with Crippen LogP contribution in [0.2, 0.25) is 0 Å². The molecule has 2 heterocycles. The molecule has 0 amide bonds. The van der Waals surface area contributed by atoms with Crippen molar-refractivity contribution in [3.05, 3.63) is 46.6 Å². The van der Waals surface area contributed by atoms with E-state index in [0.29, 0.717) is 5.88 Å². The molecule has 0 saturated carbocycles. The van der Waals surface area contributed by atoms with Crippen molar-refractivity contribution in [2.24, 2.45) is 0 Å². The lowest BCUT2D eigenvalue weighted by Crippen LogP contribution is -2.51. The number of benzene rings is 1. The van der Waals surface area contributed by atoms with Gasteiger partial charge in [0.25, 0.3) is 0 Å². The molecule has 1 saturated heterocycles.